The first-order chi connectivity index (χ1) is 12.0. The van der Waals surface area contributed by atoms with E-state index in [0.717, 1.165) is 5.56 Å². The summed E-state index contributed by atoms with van der Waals surface area (Å²) in [7, 11) is 0. The molecule has 0 saturated carbocycles. The minimum atomic E-state index is -0.940. The summed E-state index contributed by atoms with van der Waals surface area (Å²) in [5.74, 6) is -0.538. The number of hydrogen-bond acceptors (Lipinski definition) is 5. The number of hydrogen-bond donors (Lipinski definition) is 3. The number of nitrogens with one attached hydrogen (secondary N) is 3. The molecule has 1 aliphatic heterocycles. The Hall–Kier alpha value is -3.16. The van der Waals surface area contributed by atoms with E-state index in [4.69, 9.17) is 4.52 Å². The van der Waals surface area contributed by atoms with Gasteiger partial charge in [-0.2, -0.15) is 0 Å². The second-order valence-electron chi connectivity index (χ2n) is 5.84. The summed E-state index contributed by atoms with van der Waals surface area (Å²) in [5, 5.41) is 11.8. The Morgan fingerprint density at radius 3 is 2.76 bits per heavy atom. The Bertz CT molecular complexity index is 823. The Kier molecular flexibility index (Phi) is 4.51. The molecule has 0 bridgehead atoms. The minimum absolute atomic E-state index is 0.158. The van der Waals surface area contributed by atoms with Crippen molar-refractivity contribution in [2.45, 2.75) is 32.9 Å². The molecule has 25 heavy (non-hydrogen) atoms. The number of anilines is 1. The molecule has 0 unspecified atom stereocenters. The summed E-state index contributed by atoms with van der Waals surface area (Å²) in [6.45, 7) is 3.80. The van der Waals surface area contributed by atoms with Gasteiger partial charge >= 0.3 is 0 Å². The number of rotatable bonds is 4. The number of benzene rings is 1. The summed E-state index contributed by atoms with van der Waals surface area (Å²) in [6.07, 6.45) is -0.158. The van der Waals surface area contributed by atoms with Crippen molar-refractivity contribution in [2.24, 2.45) is 0 Å². The molecule has 1 aromatic heterocycles. The number of aromatic nitrogens is 1. The maximum absolute atomic E-state index is 12.3. The van der Waals surface area contributed by atoms with E-state index in [1.165, 1.54) is 0 Å². The Morgan fingerprint density at radius 2 is 2.04 bits per heavy atom. The predicted molar refractivity (Wildman–Crippen MR) is 88.8 cm³/mol. The quantitative estimate of drug-likeness (QED) is 0.768. The zero-order chi connectivity index (χ0) is 18.0. The highest BCUT2D eigenvalue weighted by Crippen LogP contribution is 2.19. The molecule has 2 heterocycles. The fraction of sp³-hybridized carbons (Fsp3) is 0.294. The van der Waals surface area contributed by atoms with Crippen LogP contribution in [0.2, 0.25) is 0 Å². The molecule has 2 aromatic rings. The number of carbonyl (C=O) groups excluding carboxylic acids is 3. The highest BCUT2D eigenvalue weighted by molar-refractivity contribution is 6.10. The summed E-state index contributed by atoms with van der Waals surface area (Å²) in [6, 6.07) is 5.76. The Balaban J connectivity index is 1.64. The van der Waals surface area contributed by atoms with Gasteiger partial charge in [-0.05, 0) is 26.0 Å². The number of fused-ring (bicyclic) bond motifs is 1. The molecule has 3 amide bonds. The first-order valence-electron chi connectivity index (χ1n) is 7.85. The average Bonchev–Trinajstić information content (AvgIpc) is 2.84. The molecule has 1 aromatic carbocycles. The van der Waals surface area contributed by atoms with E-state index in [0.29, 0.717) is 22.7 Å². The lowest BCUT2D eigenvalue weighted by atomic mass is 10.1. The van der Waals surface area contributed by atoms with Gasteiger partial charge in [0.2, 0.25) is 11.8 Å². The standard InChI is InChI=1S/C17H18N4O4/c1-9-12(10(2)25-21-9)8-18-15(22)7-14-17(24)19-13-6-4-3-5-11(13)16(23)20-14/h3-6,14H,7-8H2,1-2H3,(H,18,22)(H,19,24)(H,20,23)/t14-/m1/s1. The van der Waals surface area contributed by atoms with Gasteiger partial charge in [-0.3, -0.25) is 14.4 Å². The van der Waals surface area contributed by atoms with E-state index < -0.39 is 17.9 Å². The van der Waals surface area contributed by atoms with Gasteiger partial charge in [-0.25, -0.2) is 0 Å². The van der Waals surface area contributed by atoms with Crippen LogP contribution in [0.4, 0.5) is 5.69 Å². The van der Waals surface area contributed by atoms with Crippen LogP contribution in [-0.2, 0) is 16.1 Å². The highest BCUT2D eigenvalue weighted by Gasteiger charge is 2.29. The first-order valence-corrected chi connectivity index (χ1v) is 7.85. The number of para-hydroxylation sites is 1. The van der Waals surface area contributed by atoms with Gasteiger partial charge in [-0.1, -0.05) is 17.3 Å². The van der Waals surface area contributed by atoms with Gasteiger partial charge in [0.05, 0.1) is 23.4 Å². The van der Waals surface area contributed by atoms with Crippen molar-refractivity contribution >= 4 is 23.4 Å². The fourth-order valence-corrected chi connectivity index (χ4v) is 2.65. The van der Waals surface area contributed by atoms with Gasteiger partial charge < -0.3 is 20.5 Å². The maximum Gasteiger partial charge on any atom is 0.254 e. The van der Waals surface area contributed by atoms with Crippen LogP contribution in [0.3, 0.4) is 0 Å². The first kappa shape index (κ1) is 16.7. The van der Waals surface area contributed by atoms with E-state index >= 15 is 0 Å². The summed E-state index contributed by atoms with van der Waals surface area (Å²) in [4.78, 5) is 36.7. The normalized spacial score (nSPS) is 16.5. The van der Waals surface area contributed by atoms with E-state index in [1.54, 1.807) is 38.1 Å². The van der Waals surface area contributed by atoms with E-state index in [1.807, 2.05) is 0 Å². The molecule has 3 rings (SSSR count). The predicted octanol–water partition coefficient (Wildman–Crippen LogP) is 1.05. The van der Waals surface area contributed by atoms with Crippen LogP contribution < -0.4 is 16.0 Å². The van der Waals surface area contributed by atoms with Crippen LogP contribution in [0.15, 0.2) is 28.8 Å². The molecular formula is C17H18N4O4. The molecule has 0 radical (unpaired) electrons. The third kappa shape index (κ3) is 3.52. The maximum atomic E-state index is 12.3. The molecule has 3 N–H and O–H groups in total. The molecule has 0 spiro atoms. The topological polar surface area (TPSA) is 113 Å². The van der Waals surface area contributed by atoms with Crippen molar-refractivity contribution in [3.05, 3.63) is 46.8 Å². The summed E-state index contributed by atoms with van der Waals surface area (Å²) < 4.78 is 5.04. The number of nitrogens with zero attached hydrogens (tertiary/aromatic N) is 1. The molecular weight excluding hydrogens is 324 g/mol. The summed E-state index contributed by atoms with van der Waals surface area (Å²) >= 11 is 0. The van der Waals surface area contributed by atoms with Crippen LogP contribution in [-0.4, -0.2) is 28.9 Å². The van der Waals surface area contributed by atoms with Crippen molar-refractivity contribution < 1.29 is 18.9 Å². The lowest BCUT2D eigenvalue weighted by Gasteiger charge is -2.14. The van der Waals surface area contributed by atoms with E-state index in [9.17, 15) is 14.4 Å². The lowest BCUT2D eigenvalue weighted by Crippen LogP contribution is -2.44. The average molecular weight is 342 g/mol. The monoisotopic (exact) mass is 342 g/mol. The molecule has 8 nitrogen and oxygen atoms in total. The fourth-order valence-electron chi connectivity index (χ4n) is 2.65. The second kappa shape index (κ2) is 6.76. The van der Waals surface area contributed by atoms with Crippen LogP contribution in [0.5, 0.6) is 0 Å². The van der Waals surface area contributed by atoms with Gasteiger partial charge in [0.15, 0.2) is 0 Å². The van der Waals surface area contributed by atoms with E-state index in [-0.39, 0.29) is 18.9 Å². The second-order valence-corrected chi connectivity index (χ2v) is 5.84. The Morgan fingerprint density at radius 1 is 1.28 bits per heavy atom. The molecule has 8 heteroatoms. The molecule has 0 saturated heterocycles. The van der Waals surface area contributed by atoms with Gasteiger partial charge in [-0.15, -0.1) is 0 Å². The molecule has 1 atom stereocenters. The molecule has 0 aliphatic carbocycles. The molecule has 130 valence electrons. The van der Waals surface area contributed by atoms with Gasteiger partial charge in [0, 0.05) is 12.1 Å². The van der Waals surface area contributed by atoms with Gasteiger partial charge in [0.25, 0.3) is 5.91 Å². The van der Waals surface area contributed by atoms with Gasteiger partial charge in [0.1, 0.15) is 11.8 Å². The van der Waals surface area contributed by atoms with Crippen LogP contribution in [0.25, 0.3) is 0 Å². The number of carbonyl (C=O) groups is 3. The minimum Gasteiger partial charge on any atom is -0.361 e. The highest BCUT2D eigenvalue weighted by atomic mass is 16.5. The van der Waals surface area contributed by atoms with Crippen LogP contribution >= 0.6 is 0 Å². The van der Waals surface area contributed by atoms with Crippen LogP contribution in [0, 0.1) is 13.8 Å². The van der Waals surface area contributed by atoms with Crippen molar-refractivity contribution in [3.63, 3.8) is 0 Å². The number of amides is 3. The van der Waals surface area contributed by atoms with E-state index in [2.05, 4.69) is 21.1 Å². The zero-order valence-corrected chi connectivity index (χ0v) is 13.9. The third-order valence-electron chi connectivity index (χ3n) is 4.08. The molecule has 1 aliphatic rings. The third-order valence-corrected chi connectivity index (χ3v) is 4.08. The van der Waals surface area contributed by atoms with Crippen molar-refractivity contribution in [1.82, 2.24) is 15.8 Å². The molecule has 0 fully saturated rings. The summed E-state index contributed by atoms with van der Waals surface area (Å²) in [5.41, 5.74) is 2.31. The largest absolute Gasteiger partial charge is 0.361 e. The zero-order valence-electron chi connectivity index (χ0n) is 13.9. The lowest BCUT2D eigenvalue weighted by molar-refractivity contribution is -0.125. The number of aryl methyl sites for hydroxylation is 2. The van der Waals surface area contributed by atoms with Crippen molar-refractivity contribution in [3.8, 4) is 0 Å². The van der Waals surface area contributed by atoms with Crippen molar-refractivity contribution in [1.29, 1.82) is 0 Å². The van der Waals surface area contributed by atoms with Crippen molar-refractivity contribution in [2.75, 3.05) is 5.32 Å². The van der Waals surface area contributed by atoms with Crippen LogP contribution in [0.1, 0.15) is 33.8 Å². The smallest absolute Gasteiger partial charge is 0.254 e. The Labute approximate surface area is 144 Å². The SMILES string of the molecule is Cc1noc(C)c1CNC(=O)C[C@H]1NC(=O)c2ccccc2NC1=O.